The van der Waals surface area contributed by atoms with E-state index in [0.717, 1.165) is 0 Å². The van der Waals surface area contributed by atoms with Crippen LogP contribution in [0, 0.1) is 0 Å². The van der Waals surface area contributed by atoms with Crippen molar-refractivity contribution < 1.29 is 29.0 Å². The summed E-state index contributed by atoms with van der Waals surface area (Å²) in [4.78, 5) is 0. The van der Waals surface area contributed by atoms with Gasteiger partial charge in [-0.1, -0.05) is 6.07 Å². The van der Waals surface area contributed by atoms with Crippen molar-refractivity contribution >= 4 is 12.6 Å². The predicted molar refractivity (Wildman–Crippen MR) is 71.0 cm³/mol. The molecule has 0 aliphatic rings. The van der Waals surface area contributed by atoms with Gasteiger partial charge in [0.1, 0.15) is 24.7 Å². The third-order valence-electron chi connectivity index (χ3n) is 2.37. The molecule has 0 heterocycles. The molecule has 1 aromatic carbocycles. The molecule has 0 bridgehead atoms. The van der Waals surface area contributed by atoms with E-state index in [-0.39, 0.29) is 5.46 Å². The van der Waals surface area contributed by atoms with Crippen LogP contribution in [0.2, 0.25) is 0 Å². The second kappa shape index (κ2) is 8.76. The number of ether oxygens (including phenoxy) is 4. The molecule has 0 atom stereocenters. The van der Waals surface area contributed by atoms with Crippen molar-refractivity contribution in [2.45, 2.75) is 0 Å². The van der Waals surface area contributed by atoms with Gasteiger partial charge in [-0.25, -0.2) is 0 Å². The first-order valence-corrected chi connectivity index (χ1v) is 5.93. The van der Waals surface area contributed by atoms with E-state index in [1.807, 2.05) is 0 Å². The van der Waals surface area contributed by atoms with Gasteiger partial charge in [0.05, 0.1) is 18.7 Å². The van der Waals surface area contributed by atoms with Gasteiger partial charge in [0, 0.05) is 14.2 Å². The Balaban J connectivity index is 2.81. The molecule has 0 aromatic heterocycles. The highest BCUT2D eigenvalue weighted by atomic mass is 16.5. The molecule has 0 fully saturated rings. The van der Waals surface area contributed by atoms with Crippen LogP contribution in [0.5, 0.6) is 11.5 Å². The maximum absolute atomic E-state index is 9.43. The van der Waals surface area contributed by atoms with Crippen LogP contribution in [0.4, 0.5) is 0 Å². The van der Waals surface area contributed by atoms with E-state index in [4.69, 9.17) is 18.9 Å². The van der Waals surface area contributed by atoms with E-state index >= 15 is 0 Å². The Morgan fingerprint density at radius 2 is 1.37 bits per heavy atom. The molecule has 7 heteroatoms. The molecule has 106 valence electrons. The summed E-state index contributed by atoms with van der Waals surface area (Å²) in [5.41, 5.74) is 0.203. The summed E-state index contributed by atoms with van der Waals surface area (Å²) >= 11 is 0. The molecule has 0 saturated heterocycles. The molecule has 2 N–H and O–H groups in total. The van der Waals surface area contributed by atoms with Crippen LogP contribution >= 0.6 is 0 Å². The zero-order valence-electron chi connectivity index (χ0n) is 11.2. The van der Waals surface area contributed by atoms with Gasteiger partial charge in [-0.05, 0) is 12.1 Å². The minimum atomic E-state index is -1.67. The van der Waals surface area contributed by atoms with Gasteiger partial charge in [0.15, 0.2) is 0 Å². The lowest BCUT2D eigenvalue weighted by Gasteiger charge is -2.15. The highest BCUT2D eigenvalue weighted by Gasteiger charge is 2.22. The van der Waals surface area contributed by atoms with Crippen molar-refractivity contribution in [2.24, 2.45) is 0 Å². The minimum Gasteiger partial charge on any atom is -0.491 e. The van der Waals surface area contributed by atoms with Gasteiger partial charge in [-0.15, -0.1) is 0 Å². The van der Waals surface area contributed by atoms with Crippen molar-refractivity contribution in [1.29, 1.82) is 0 Å². The van der Waals surface area contributed by atoms with E-state index < -0.39 is 7.12 Å². The molecule has 0 aliphatic heterocycles. The zero-order valence-corrected chi connectivity index (χ0v) is 11.2. The monoisotopic (exact) mass is 270 g/mol. The first-order valence-electron chi connectivity index (χ1n) is 5.93. The fourth-order valence-corrected chi connectivity index (χ4v) is 1.50. The summed E-state index contributed by atoms with van der Waals surface area (Å²) in [5.74, 6) is 0.726. The van der Waals surface area contributed by atoms with E-state index in [9.17, 15) is 10.0 Å². The second-order valence-corrected chi connectivity index (χ2v) is 3.72. The molecule has 1 aromatic rings. The van der Waals surface area contributed by atoms with Crippen LogP contribution in [0.1, 0.15) is 0 Å². The Bertz CT molecular complexity index is 343. The Morgan fingerprint density at radius 3 is 1.74 bits per heavy atom. The lowest BCUT2D eigenvalue weighted by molar-refractivity contribution is 0.143. The highest BCUT2D eigenvalue weighted by molar-refractivity contribution is 6.60. The summed E-state index contributed by atoms with van der Waals surface area (Å²) in [6.07, 6.45) is 0. The number of methoxy groups -OCH3 is 2. The van der Waals surface area contributed by atoms with Crippen LogP contribution in [0.15, 0.2) is 18.2 Å². The van der Waals surface area contributed by atoms with Gasteiger partial charge < -0.3 is 29.0 Å². The Kier molecular flexibility index (Phi) is 7.28. The van der Waals surface area contributed by atoms with E-state index in [0.29, 0.717) is 37.9 Å². The molecule has 6 nitrogen and oxygen atoms in total. The Morgan fingerprint density at radius 1 is 0.895 bits per heavy atom. The van der Waals surface area contributed by atoms with E-state index in [1.54, 1.807) is 32.4 Å². The van der Waals surface area contributed by atoms with Crippen LogP contribution in [0.3, 0.4) is 0 Å². The number of rotatable bonds is 9. The smallest absolute Gasteiger partial charge is 0.491 e. The fraction of sp³-hybridized carbons (Fsp3) is 0.500. The number of benzene rings is 1. The van der Waals surface area contributed by atoms with E-state index in [2.05, 4.69) is 0 Å². The zero-order chi connectivity index (χ0) is 14.1. The lowest BCUT2D eigenvalue weighted by atomic mass is 9.78. The summed E-state index contributed by atoms with van der Waals surface area (Å²) < 4.78 is 20.6. The van der Waals surface area contributed by atoms with Crippen LogP contribution in [-0.2, 0) is 9.47 Å². The van der Waals surface area contributed by atoms with Gasteiger partial charge >= 0.3 is 7.12 Å². The summed E-state index contributed by atoms with van der Waals surface area (Å²) in [5, 5.41) is 18.9. The molecule has 1 rings (SSSR count). The maximum Gasteiger partial charge on any atom is 0.496 e. The second-order valence-electron chi connectivity index (χ2n) is 3.72. The Hall–Kier alpha value is -1.28. The summed E-state index contributed by atoms with van der Waals surface area (Å²) in [7, 11) is 1.46. The lowest BCUT2D eigenvalue weighted by Crippen LogP contribution is -2.33. The first-order chi connectivity index (χ1) is 9.20. The van der Waals surface area contributed by atoms with Crippen molar-refractivity contribution in [3.63, 3.8) is 0 Å². The standard InChI is InChI=1S/C12H19BO6/c1-16-6-8-18-10-4-3-5-11(12(10)13(14)15)19-9-7-17-2/h3-5,14-15H,6-9H2,1-2H3. The normalized spacial score (nSPS) is 10.3. The third kappa shape index (κ3) is 5.08. The molecular formula is C12H19BO6. The number of hydrogen-bond acceptors (Lipinski definition) is 6. The van der Waals surface area contributed by atoms with Gasteiger partial charge in [-0.3, -0.25) is 0 Å². The van der Waals surface area contributed by atoms with E-state index in [1.165, 1.54) is 0 Å². The molecular weight excluding hydrogens is 251 g/mol. The van der Waals surface area contributed by atoms with Crippen molar-refractivity contribution in [2.75, 3.05) is 40.6 Å². The van der Waals surface area contributed by atoms with Gasteiger partial charge in [-0.2, -0.15) is 0 Å². The molecule has 0 aliphatic carbocycles. The summed E-state index contributed by atoms with van der Waals surface area (Å²) in [6, 6.07) is 5.01. The maximum atomic E-state index is 9.43. The minimum absolute atomic E-state index is 0.203. The SMILES string of the molecule is COCCOc1cccc(OCCOC)c1B(O)O. The fourth-order valence-electron chi connectivity index (χ4n) is 1.50. The van der Waals surface area contributed by atoms with Crippen LogP contribution in [0.25, 0.3) is 0 Å². The number of hydrogen-bond donors (Lipinski definition) is 2. The topological polar surface area (TPSA) is 77.4 Å². The van der Waals surface area contributed by atoms with Crippen molar-refractivity contribution in [3.05, 3.63) is 18.2 Å². The molecule has 19 heavy (non-hydrogen) atoms. The van der Waals surface area contributed by atoms with Crippen molar-refractivity contribution in [3.8, 4) is 11.5 Å². The Labute approximate surface area is 113 Å². The van der Waals surface area contributed by atoms with Crippen LogP contribution in [-0.4, -0.2) is 57.8 Å². The average Bonchev–Trinajstić information content (AvgIpc) is 2.39. The van der Waals surface area contributed by atoms with Crippen LogP contribution < -0.4 is 14.9 Å². The summed E-state index contributed by atoms with van der Waals surface area (Å²) in [6.45, 7) is 1.46. The molecule has 0 saturated carbocycles. The largest absolute Gasteiger partial charge is 0.496 e. The first kappa shape index (κ1) is 15.8. The molecule has 0 unspecified atom stereocenters. The molecule has 0 amide bonds. The molecule has 0 spiro atoms. The predicted octanol–water partition coefficient (Wildman–Crippen LogP) is -0.583. The van der Waals surface area contributed by atoms with Gasteiger partial charge in [0.2, 0.25) is 0 Å². The van der Waals surface area contributed by atoms with Gasteiger partial charge in [0.25, 0.3) is 0 Å². The van der Waals surface area contributed by atoms with Crippen molar-refractivity contribution in [1.82, 2.24) is 0 Å². The highest BCUT2D eigenvalue weighted by Crippen LogP contribution is 2.17. The quantitative estimate of drug-likeness (QED) is 0.461. The third-order valence-corrected chi connectivity index (χ3v) is 2.37. The average molecular weight is 270 g/mol. The molecule has 0 radical (unpaired) electrons.